The Balaban J connectivity index is 1.77. The van der Waals surface area contributed by atoms with Gasteiger partial charge in [-0.2, -0.15) is 0 Å². The SMILES string of the molecule is Cc1cc(C)c(CN2CCCNC3(CCCC3)C2)c(C)c1. The van der Waals surface area contributed by atoms with Crippen molar-refractivity contribution in [1.29, 1.82) is 0 Å². The maximum Gasteiger partial charge on any atom is 0.0308 e. The fourth-order valence-corrected chi connectivity index (χ4v) is 4.42. The van der Waals surface area contributed by atoms with Crippen molar-refractivity contribution in [3.05, 3.63) is 34.4 Å². The molecule has 1 aliphatic heterocycles. The van der Waals surface area contributed by atoms with Gasteiger partial charge in [-0.25, -0.2) is 0 Å². The summed E-state index contributed by atoms with van der Waals surface area (Å²) in [7, 11) is 0. The molecule has 1 spiro atoms. The molecular formula is C19H30N2. The normalized spacial score (nSPS) is 22.6. The lowest BCUT2D eigenvalue weighted by molar-refractivity contribution is 0.203. The minimum absolute atomic E-state index is 0.420. The fourth-order valence-electron chi connectivity index (χ4n) is 4.42. The van der Waals surface area contributed by atoms with Crippen LogP contribution in [0.2, 0.25) is 0 Å². The minimum Gasteiger partial charge on any atom is -0.310 e. The molecule has 1 heterocycles. The summed E-state index contributed by atoms with van der Waals surface area (Å²) in [6, 6.07) is 4.67. The number of nitrogens with one attached hydrogen (secondary N) is 1. The van der Waals surface area contributed by atoms with Crippen LogP contribution in [0.3, 0.4) is 0 Å². The van der Waals surface area contributed by atoms with Gasteiger partial charge in [-0.15, -0.1) is 0 Å². The second kappa shape index (κ2) is 6.10. The van der Waals surface area contributed by atoms with E-state index >= 15 is 0 Å². The lowest BCUT2D eigenvalue weighted by Crippen LogP contribution is -2.49. The first-order chi connectivity index (χ1) is 10.1. The topological polar surface area (TPSA) is 15.3 Å². The summed E-state index contributed by atoms with van der Waals surface area (Å²) < 4.78 is 0. The second-order valence-corrected chi connectivity index (χ2v) is 7.36. The van der Waals surface area contributed by atoms with Crippen LogP contribution < -0.4 is 5.32 Å². The van der Waals surface area contributed by atoms with Crippen LogP contribution in [0.25, 0.3) is 0 Å². The first-order valence-electron chi connectivity index (χ1n) is 8.62. The molecule has 1 N–H and O–H groups in total. The van der Waals surface area contributed by atoms with Crippen LogP contribution >= 0.6 is 0 Å². The van der Waals surface area contributed by atoms with Crippen LogP contribution in [0.15, 0.2) is 12.1 Å². The van der Waals surface area contributed by atoms with E-state index in [1.165, 1.54) is 68.4 Å². The molecule has 0 aromatic heterocycles. The highest BCUT2D eigenvalue weighted by Gasteiger charge is 2.36. The van der Waals surface area contributed by atoms with Crippen molar-refractivity contribution in [2.75, 3.05) is 19.6 Å². The van der Waals surface area contributed by atoms with Gasteiger partial charge in [-0.1, -0.05) is 30.5 Å². The summed E-state index contributed by atoms with van der Waals surface area (Å²) in [5.74, 6) is 0. The highest BCUT2D eigenvalue weighted by molar-refractivity contribution is 5.37. The van der Waals surface area contributed by atoms with Crippen LogP contribution in [-0.2, 0) is 6.54 Å². The third-order valence-electron chi connectivity index (χ3n) is 5.46. The summed E-state index contributed by atoms with van der Waals surface area (Å²) in [6.45, 7) is 11.5. The molecule has 2 fully saturated rings. The third kappa shape index (κ3) is 3.32. The molecule has 1 aliphatic carbocycles. The van der Waals surface area contributed by atoms with Crippen molar-refractivity contribution in [2.45, 2.75) is 65.0 Å². The van der Waals surface area contributed by atoms with Crippen molar-refractivity contribution in [1.82, 2.24) is 10.2 Å². The average Bonchev–Trinajstić information content (AvgIpc) is 2.76. The van der Waals surface area contributed by atoms with E-state index < -0.39 is 0 Å². The molecule has 0 amide bonds. The van der Waals surface area contributed by atoms with Crippen molar-refractivity contribution in [3.8, 4) is 0 Å². The van der Waals surface area contributed by atoms with Crippen LogP contribution in [0.4, 0.5) is 0 Å². The van der Waals surface area contributed by atoms with Gasteiger partial charge in [-0.05, 0) is 69.8 Å². The molecule has 3 rings (SSSR count). The number of rotatable bonds is 2. The highest BCUT2D eigenvalue weighted by Crippen LogP contribution is 2.32. The zero-order valence-corrected chi connectivity index (χ0v) is 14.0. The second-order valence-electron chi connectivity index (χ2n) is 7.36. The minimum atomic E-state index is 0.420. The Hall–Kier alpha value is -0.860. The van der Waals surface area contributed by atoms with Gasteiger partial charge in [0.05, 0.1) is 0 Å². The molecule has 2 heteroatoms. The van der Waals surface area contributed by atoms with E-state index in [0.717, 1.165) is 6.54 Å². The van der Waals surface area contributed by atoms with Crippen molar-refractivity contribution >= 4 is 0 Å². The molecule has 1 saturated carbocycles. The lowest BCUT2D eigenvalue weighted by Gasteiger charge is -2.34. The number of nitrogens with zero attached hydrogens (tertiary/aromatic N) is 1. The van der Waals surface area contributed by atoms with E-state index in [1.807, 2.05) is 0 Å². The summed E-state index contributed by atoms with van der Waals surface area (Å²) in [6.07, 6.45) is 6.84. The Morgan fingerprint density at radius 2 is 1.71 bits per heavy atom. The van der Waals surface area contributed by atoms with Gasteiger partial charge < -0.3 is 5.32 Å². The molecule has 0 radical (unpaired) electrons. The molecule has 1 saturated heterocycles. The van der Waals surface area contributed by atoms with E-state index in [2.05, 4.69) is 43.1 Å². The number of benzene rings is 1. The van der Waals surface area contributed by atoms with Crippen LogP contribution in [-0.4, -0.2) is 30.1 Å². The summed E-state index contributed by atoms with van der Waals surface area (Å²) in [5, 5.41) is 3.87. The molecule has 0 unspecified atom stereocenters. The zero-order chi connectivity index (χ0) is 14.9. The highest BCUT2D eigenvalue weighted by atomic mass is 15.2. The molecule has 21 heavy (non-hydrogen) atoms. The maximum atomic E-state index is 3.87. The van der Waals surface area contributed by atoms with Crippen LogP contribution in [0, 0.1) is 20.8 Å². The standard InChI is InChI=1S/C19H30N2/c1-15-11-16(2)18(17(3)12-15)13-21-10-6-9-20-19(14-21)7-4-5-8-19/h11-12,20H,4-10,13-14H2,1-3H3. The van der Waals surface area contributed by atoms with Gasteiger partial charge in [0.2, 0.25) is 0 Å². The zero-order valence-electron chi connectivity index (χ0n) is 14.0. The van der Waals surface area contributed by atoms with Crippen molar-refractivity contribution in [3.63, 3.8) is 0 Å². The molecular weight excluding hydrogens is 256 g/mol. The predicted octanol–water partition coefficient (Wildman–Crippen LogP) is 3.72. The van der Waals surface area contributed by atoms with Crippen molar-refractivity contribution < 1.29 is 0 Å². The first kappa shape index (κ1) is 15.1. The Morgan fingerprint density at radius 3 is 2.38 bits per heavy atom. The fraction of sp³-hybridized carbons (Fsp3) is 0.684. The summed E-state index contributed by atoms with van der Waals surface area (Å²) in [4.78, 5) is 2.70. The van der Waals surface area contributed by atoms with Gasteiger partial charge in [0.25, 0.3) is 0 Å². The Kier molecular flexibility index (Phi) is 4.37. The molecule has 2 nitrogen and oxygen atoms in total. The molecule has 1 aromatic carbocycles. The average molecular weight is 286 g/mol. The number of hydrogen-bond acceptors (Lipinski definition) is 2. The Morgan fingerprint density at radius 1 is 1.05 bits per heavy atom. The van der Waals surface area contributed by atoms with Crippen LogP contribution in [0.5, 0.6) is 0 Å². The first-order valence-corrected chi connectivity index (χ1v) is 8.62. The van der Waals surface area contributed by atoms with E-state index in [-0.39, 0.29) is 0 Å². The maximum absolute atomic E-state index is 3.87. The molecule has 116 valence electrons. The Labute approximate surface area is 129 Å². The van der Waals surface area contributed by atoms with Gasteiger partial charge in [-0.3, -0.25) is 4.90 Å². The predicted molar refractivity (Wildman–Crippen MR) is 89.7 cm³/mol. The molecule has 2 aliphatic rings. The quantitative estimate of drug-likeness (QED) is 0.891. The molecule has 0 bridgehead atoms. The van der Waals surface area contributed by atoms with E-state index in [1.54, 1.807) is 5.56 Å². The van der Waals surface area contributed by atoms with Gasteiger partial charge in [0.1, 0.15) is 0 Å². The smallest absolute Gasteiger partial charge is 0.0308 e. The largest absolute Gasteiger partial charge is 0.310 e. The third-order valence-corrected chi connectivity index (χ3v) is 5.46. The summed E-state index contributed by atoms with van der Waals surface area (Å²) >= 11 is 0. The molecule has 0 atom stereocenters. The van der Waals surface area contributed by atoms with E-state index in [9.17, 15) is 0 Å². The van der Waals surface area contributed by atoms with E-state index in [4.69, 9.17) is 0 Å². The molecule has 1 aromatic rings. The lowest BCUT2D eigenvalue weighted by atomic mass is 9.95. The summed E-state index contributed by atoms with van der Waals surface area (Å²) in [5.41, 5.74) is 6.28. The Bertz CT molecular complexity index is 477. The van der Waals surface area contributed by atoms with E-state index in [0.29, 0.717) is 5.54 Å². The number of hydrogen-bond donors (Lipinski definition) is 1. The van der Waals surface area contributed by atoms with Crippen LogP contribution in [0.1, 0.15) is 54.4 Å². The monoisotopic (exact) mass is 286 g/mol. The van der Waals surface area contributed by atoms with Gasteiger partial charge >= 0.3 is 0 Å². The van der Waals surface area contributed by atoms with Gasteiger partial charge in [0, 0.05) is 18.6 Å². The van der Waals surface area contributed by atoms with Gasteiger partial charge in [0.15, 0.2) is 0 Å². The number of aryl methyl sites for hydroxylation is 3. The van der Waals surface area contributed by atoms with Crippen molar-refractivity contribution in [2.24, 2.45) is 0 Å².